The summed E-state index contributed by atoms with van der Waals surface area (Å²) in [6.07, 6.45) is 5.33. The molecular formula is C16H15BrN6O. The van der Waals surface area contributed by atoms with Crippen LogP contribution in [0.4, 0.5) is 5.82 Å². The molecule has 1 aliphatic rings. The molecule has 0 saturated carbocycles. The molecule has 122 valence electrons. The number of hydrogen-bond acceptors (Lipinski definition) is 6. The normalized spacial score (nSPS) is 17.9. The van der Waals surface area contributed by atoms with Crippen molar-refractivity contribution in [3.63, 3.8) is 0 Å². The fourth-order valence-corrected chi connectivity index (χ4v) is 3.75. The van der Waals surface area contributed by atoms with E-state index in [1.165, 1.54) is 6.26 Å². The van der Waals surface area contributed by atoms with Gasteiger partial charge in [0.15, 0.2) is 5.65 Å². The molecule has 1 unspecified atom stereocenters. The summed E-state index contributed by atoms with van der Waals surface area (Å²) in [6.45, 7) is 1.91. The van der Waals surface area contributed by atoms with E-state index in [4.69, 9.17) is 15.1 Å². The Bertz CT molecular complexity index is 948. The molecule has 3 aromatic heterocycles. The number of fused-ring (bicyclic) bond motifs is 1. The fourth-order valence-electron chi connectivity index (χ4n) is 3.17. The van der Waals surface area contributed by atoms with Gasteiger partial charge in [0.25, 0.3) is 0 Å². The van der Waals surface area contributed by atoms with Gasteiger partial charge in [-0.1, -0.05) is 0 Å². The summed E-state index contributed by atoms with van der Waals surface area (Å²) in [6, 6.07) is 3.80. The van der Waals surface area contributed by atoms with Crippen molar-refractivity contribution in [2.45, 2.75) is 18.8 Å². The first-order valence-corrected chi connectivity index (χ1v) is 8.51. The van der Waals surface area contributed by atoms with E-state index in [2.05, 4.69) is 32.4 Å². The van der Waals surface area contributed by atoms with E-state index in [1.54, 1.807) is 16.8 Å². The number of aromatic nitrogens is 3. The highest BCUT2D eigenvalue weighted by atomic mass is 79.9. The number of piperidine rings is 1. The molecule has 0 bridgehead atoms. The Morgan fingerprint density at radius 1 is 1.46 bits per heavy atom. The van der Waals surface area contributed by atoms with Crippen molar-refractivity contribution in [2.75, 3.05) is 18.8 Å². The van der Waals surface area contributed by atoms with Gasteiger partial charge in [-0.3, -0.25) is 0 Å². The second kappa shape index (κ2) is 5.92. The number of nitriles is 1. The van der Waals surface area contributed by atoms with E-state index in [0.717, 1.165) is 41.7 Å². The summed E-state index contributed by atoms with van der Waals surface area (Å²) in [7, 11) is 0. The number of nitrogens with one attached hydrogen (secondary N) is 1. The predicted octanol–water partition coefficient (Wildman–Crippen LogP) is 2.67. The highest BCUT2D eigenvalue weighted by Crippen LogP contribution is 2.35. The summed E-state index contributed by atoms with van der Waals surface area (Å²) in [5.74, 6) is 1.05. The molecule has 1 aliphatic heterocycles. The molecule has 0 spiro atoms. The Balaban J connectivity index is 1.92. The second-order valence-electron chi connectivity index (χ2n) is 5.81. The first-order valence-electron chi connectivity index (χ1n) is 7.72. The first-order chi connectivity index (χ1) is 11.7. The van der Waals surface area contributed by atoms with Gasteiger partial charge in [0.1, 0.15) is 11.9 Å². The van der Waals surface area contributed by atoms with Gasteiger partial charge in [-0.15, -0.1) is 0 Å². The molecule has 0 aliphatic carbocycles. The lowest BCUT2D eigenvalue weighted by atomic mass is 9.96. The Labute approximate surface area is 146 Å². The van der Waals surface area contributed by atoms with E-state index in [0.29, 0.717) is 22.9 Å². The van der Waals surface area contributed by atoms with Crippen LogP contribution in [0.3, 0.4) is 0 Å². The van der Waals surface area contributed by atoms with Crippen LogP contribution in [0.5, 0.6) is 0 Å². The molecule has 4 rings (SSSR count). The summed E-state index contributed by atoms with van der Waals surface area (Å²) >= 11 is 3.58. The van der Waals surface area contributed by atoms with Crippen LogP contribution < -0.4 is 11.1 Å². The molecule has 1 atom stereocenters. The number of furan rings is 1. The van der Waals surface area contributed by atoms with Gasteiger partial charge >= 0.3 is 0 Å². The van der Waals surface area contributed by atoms with Crippen molar-refractivity contribution in [1.29, 1.82) is 5.26 Å². The van der Waals surface area contributed by atoms with Gasteiger partial charge in [-0.25, -0.2) is 4.98 Å². The highest BCUT2D eigenvalue weighted by molar-refractivity contribution is 9.10. The van der Waals surface area contributed by atoms with Crippen molar-refractivity contribution < 1.29 is 4.42 Å². The van der Waals surface area contributed by atoms with Gasteiger partial charge < -0.3 is 15.5 Å². The van der Waals surface area contributed by atoms with Gasteiger partial charge in [0.05, 0.1) is 28.2 Å². The third-order valence-corrected chi connectivity index (χ3v) is 5.20. The molecule has 3 aromatic rings. The zero-order valence-electron chi connectivity index (χ0n) is 12.8. The minimum Gasteiger partial charge on any atom is -0.453 e. The summed E-state index contributed by atoms with van der Waals surface area (Å²) in [5, 5.41) is 16.9. The summed E-state index contributed by atoms with van der Waals surface area (Å²) in [4.78, 5) is 4.83. The van der Waals surface area contributed by atoms with E-state index in [9.17, 15) is 5.26 Å². The molecule has 7 nitrogen and oxygen atoms in total. The zero-order valence-corrected chi connectivity index (χ0v) is 14.4. The van der Waals surface area contributed by atoms with Crippen molar-refractivity contribution in [3.8, 4) is 17.2 Å². The minimum absolute atomic E-state index is 0.245. The molecule has 0 aromatic carbocycles. The van der Waals surface area contributed by atoms with Gasteiger partial charge in [-0.05, 0) is 41.4 Å². The van der Waals surface area contributed by atoms with E-state index < -0.39 is 0 Å². The van der Waals surface area contributed by atoms with Crippen molar-refractivity contribution in [3.05, 3.63) is 34.5 Å². The largest absolute Gasteiger partial charge is 0.453 e. The fraction of sp³-hybridized carbons (Fsp3) is 0.312. The molecule has 1 saturated heterocycles. The smallest absolute Gasteiger partial charge is 0.211 e. The van der Waals surface area contributed by atoms with Crippen molar-refractivity contribution in [2.24, 2.45) is 0 Å². The maximum atomic E-state index is 9.20. The van der Waals surface area contributed by atoms with Crippen LogP contribution in [-0.4, -0.2) is 27.7 Å². The number of nitrogens with zero attached hydrogens (tertiary/aromatic N) is 4. The number of rotatable bonds is 2. The number of nitrogens with two attached hydrogens (primary N) is 1. The second-order valence-corrected chi connectivity index (χ2v) is 6.60. The number of nitrogen functional groups attached to an aromatic ring is 1. The van der Waals surface area contributed by atoms with Crippen LogP contribution >= 0.6 is 15.9 Å². The SMILES string of the molecule is N#Cc1occc1-c1cnn2c(N)c(Br)c(C3CCCNC3)nc12. The van der Waals surface area contributed by atoms with Crippen LogP contribution in [0.15, 0.2) is 27.4 Å². The highest BCUT2D eigenvalue weighted by Gasteiger charge is 2.24. The molecule has 0 radical (unpaired) electrons. The molecule has 0 amide bonds. The van der Waals surface area contributed by atoms with E-state index in [1.807, 2.05) is 0 Å². The molecule has 24 heavy (non-hydrogen) atoms. The lowest BCUT2D eigenvalue weighted by Crippen LogP contribution is -2.29. The van der Waals surface area contributed by atoms with Gasteiger partial charge in [0, 0.05) is 18.0 Å². The Hall–Kier alpha value is -2.37. The van der Waals surface area contributed by atoms with Gasteiger partial charge in [-0.2, -0.15) is 14.9 Å². The summed E-state index contributed by atoms with van der Waals surface area (Å²) < 4.78 is 7.58. The molecule has 1 fully saturated rings. The minimum atomic E-state index is 0.245. The molecule has 4 heterocycles. The third kappa shape index (κ3) is 2.28. The molecular weight excluding hydrogens is 372 g/mol. The van der Waals surface area contributed by atoms with Crippen LogP contribution in [-0.2, 0) is 0 Å². The van der Waals surface area contributed by atoms with Crippen LogP contribution in [0.2, 0.25) is 0 Å². The average molecular weight is 387 g/mol. The van der Waals surface area contributed by atoms with Crippen molar-refractivity contribution in [1.82, 2.24) is 19.9 Å². The van der Waals surface area contributed by atoms with E-state index >= 15 is 0 Å². The number of hydrogen-bond donors (Lipinski definition) is 2. The average Bonchev–Trinajstić information content (AvgIpc) is 3.24. The number of anilines is 1. The topological polar surface area (TPSA) is 105 Å². The third-order valence-electron chi connectivity index (χ3n) is 4.39. The monoisotopic (exact) mass is 386 g/mol. The Morgan fingerprint density at radius 3 is 3.08 bits per heavy atom. The Morgan fingerprint density at radius 2 is 2.33 bits per heavy atom. The molecule has 8 heteroatoms. The predicted molar refractivity (Wildman–Crippen MR) is 92.4 cm³/mol. The van der Waals surface area contributed by atoms with Crippen molar-refractivity contribution >= 4 is 27.4 Å². The van der Waals surface area contributed by atoms with E-state index in [-0.39, 0.29) is 5.76 Å². The van der Waals surface area contributed by atoms with Gasteiger partial charge in [0.2, 0.25) is 5.76 Å². The van der Waals surface area contributed by atoms with Crippen LogP contribution in [0.25, 0.3) is 16.8 Å². The lowest BCUT2D eigenvalue weighted by molar-refractivity contribution is 0.453. The van der Waals surface area contributed by atoms with Crippen LogP contribution in [0.1, 0.15) is 30.2 Å². The number of halogens is 1. The van der Waals surface area contributed by atoms with Crippen LogP contribution in [0, 0.1) is 11.3 Å². The standard InChI is InChI=1S/C16H15BrN6O/c17-13-14(9-2-1-4-20-7-9)22-16-11(8-21-23(16)15(13)19)10-3-5-24-12(10)6-18/h3,5,8-9,20H,1-2,4,7,19H2. The first kappa shape index (κ1) is 15.2. The lowest BCUT2D eigenvalue weighted by Gasteiger charge is -2.23. The molecule has 3 N–H and O–H groups in total. The maximum absolute atomic E-state index is 9.20. The zero-order chi connectivity index (χ0) is 16.7. The summed E-state index contributed by atoms with van der Waals surface area (Å²) in [5.41, 5.74) is 9.24. The maximum Gasteiger partial charge on any atom is 0.211 e. The Kier molecular flexibility index (Phi) is 3.75. The quantitative estimate of drug-likeness (QED) is 0.701.